The van der Waals surface area contributed by atoms with Crippen LogP contribution in [0.25, 0.3) is 23.1 Å². The quantitative estimate of drug-likeness (QED) is 0.307. The van der Waals surface area contributed by atoms with Crippen molar-refractivity contribution in [2.24, 2.45) is 0 Å². The molecule has 0 unspecified atom stereocenters. The Kier molecular flexibility index (Phi) is 6.55. The zero-order chi connectivity index (χ0) is 25.3. The Morgan fingerprint density at radius 3 is 2.67 bits per heavy atom. The molecule has 2 aromatic carbocycles. The highest BCUT2D eigenvalue weighted by molar-refractivity contribution is 7.89. The van der Waals surface area contributed by atoms with Gasteiger partial charge in [-0.1, -0.05) is 30.7 Å². The molecule has 4 aromatic rings. The number of nitrogen functional groups attached to an aromatic ring is 1. The molecule has 2 aromatic heterocycles. The first-order chi connectivity index (χ1) is 17.3. The van der Waals surface area contributed by atoms with E-state index in [2.05, 4.69) is 28.3 Å². The van der Waals surface area contributed by atoms with Crippen molar-refractivity contribution < 1.29 is 8.42 Å². The molecule has 1 aliphatic rings. The third kappa shape index (κ3) is 4.62. The smallest absolute Gasteiger partial charge is 0.243 e. The second kappa shape index (κ2) is 9.79. The van der Waals surface area contributed by atoms with Crippen LogP contribution in [0.5, 0.6) is 0 Å². The molecule has 5 rings (SSSR count). The molecule has 3 heterocycles. The minimum absolute atomic E-state index is 0.322. The molecule has 0 saturated carbocycles. The van der Waals surface area contributed by atoms with E-state index in [0.29, 0.717) is 23.7 Å². The number of aromatic amines is 1. The van der Waals surface area contributed by atoms with Gasteiger partial charge in [-0.2, -0.15) is 4.31 Å². The van der Waals surface area contributed by atoms with Gasteiger partial charge in [-0.15, -0.1) is 0 Å². The number of aromatic nitrogens is 2. The molecule has 0 spiro atoms. The number of pyridine rings is 1. The molecule has 8 heteroatoms. The average Bonchev–Trinajstić information content (AvgIpc) is 3.38. The number of rotatable bonds is 6. The molecule has 1 fully saturated rings. The molecule has 1 aliphatic heterocycles. The van der Waals surface area contributed by atoms with Crippen LogP contribution in [0.1, 0.15) is 41.6 Å². The van der Waals surface area contributed by atoms with Gasteiger partial charge in [0, 0.05) is 47.1 Å². The molecule has 36 heavy (non-hydrogen) atoms. The first kappa shape index (κ1) is 24.1. The predicted octanol–water partition coefficient (Wildman–Crippen LogP) is 5.85. The number of benzene rings is 2. The third-order valence-corrected chi connectivity index (χ3v) is 8.76. The van der Waals surface area contributed by atoms with Crippen molar-refractivity contribution in [3.63, 3.8) is 0 Å². The van der Waals surface area contributed by atoms with Crippen LogP contribution in [-0.2, 0) is 10.0 Å². The van der Waals surface area contributed by atoms with Crippen molar-refractivity contribution in [3.8, 4) is 0 Å². The third-order valence-electron chi connectivity index (χ3n) is 6.86. The zero-order valence-corrected chi connectivity index (χ0v) is 21.4. The highest BCUT2D eigenvalue weighted by Gasteiger charge is 2.25. The van der Waals surface area contributed by atoms with Gasteiger partial charge in [-0.3, -0.25) is 4.98 Å². The molecule has 1 saturated heterocycles. The summed E-state index contributed by atoms with van der Waals surface area (Å²) >= 11 is 0. The number of nitrogens with zero attached hydrogens (tertiary/aromatic N) is 2. The normalized spacial score (nSPS) is 15.1. The highest BCUT2D eigenvalue weighted by Crippen LogP contribution is 2.34. The summed E-state index contributed by atoms with van der Waals surface area (Å²) in [6.07, 6.45) is 10.3. The first-order valence-corrected chi connectivity index (χ1v) is 13.7. The number of nitrogens with two attached hydrogens (primary N) is 1. The fourth-order valence-corrected chi connectivity index (χ4v) is 6.32. The Balaban J connectivity index is 1.47. The first-order valence-electron chi connectivity index (χ1n) is 12.2. The van der Waals surface area contributed by atoms with Crippen molar-refractivity contribution in [2.45, 2.75) is 38.0 Å². The zero-order valence-electron chi connectivity index (χ0n) is 20.6. The van der Waals surface area contributed by atoms with Crippen LogP contribution in [0.4, 0.5) is 17.1 Å². The van der Waals surface area contributed by atoms with Crippen molar-refractivity contribution in [1.82, 2.24) is 14.3 Å². The number of nitrogens with one attached hydrogen (secondary N) is 2. The SMILES string of the molecule is Cc1ncc(N)c(Nc2ccc3[nH]ccc3c2C)c1/C=C/c1cccc(S(=O)(=O)N2CCCCC2)c1. The van der Waals surface area contributed by atoms with E-state index in [0.717, 1.165) is 63.9 Å². The molecular formula is C28H31N5O2S. The summed E-state index contributed by atoms with van der Waals surface area (Å²) in [6, 6.07) is 13.2. The summed E-state index contributed by atoms with van der Waals surface area (Å²) in [5, 5.41) is 4.66. The fraction of sp³-hybridized carbons (Fsp3) is 0.250. The van der Waals surface area contributed by atoms with E-state index in [4.69, 9.17) is 5.73 Å². The molecule has 186 valence electrons. The largest absolute Gasteiger partial charge is 0.396 e. The summed E-state index contributed by atoms with van der Waals surface area (Å²) < 4.78 is 27.9. The summed E-state index contributed by atoms with van der Waals surface area (Å²) in [5.74, 6) is 0. The van der Waals surface area contributed by atoms with E-state index in [1.54, 1.807) is 28.7 Å². The van der Waals surface area contributed by atoms with Crippen LogP contribution in [-0.4, -0.2) is 35.8 Å². The summed E-state index contributed by atoms with van der Waals surface area (Å²) in [5.41, 5.74) is 13.3. The predicted molar refractivity (Wildman–Crippen MR) is 148 cm³/mol. The van der Waals surface area contributed by atoms with E-state index < -0.39 is 10.0 Å². The number of fused-ring (bicyclic) bond motifs is 1. The molecule has 0 radical (unpaired) electrons. The average molecular weight is 502 g/mol. The van der Waals surface area contributed by atoms with Crippen molar-refractivity contribution >= 4 is 50.1 Å². The minimum Gasteiger partial charge on any atom is -0.396 e. The van der Waals surface area contributed by atoms with Gasteiger partial charge in [0.2, 0.25) is 10.0 Å². The summed E-state index contributed by atoms with van der Waals surface area (Å²) in [7, 11) is -3.50. The van der Waals surface area contributed by atoms with E-state index in [1.807, 2.05) is 43.5 Å². The molecular weight excluding hydrogens is 470 g/mol. The number of aryl methyl sites for hydroxylation is 2. The minimum atomic E-state index is -3.50. The molecule has 0 bridgehead atoms. The van der Waals surface area contributed by atoms with Crippen LogP contribution in [0.15, 0.2) is 59.8 Å². The number of hydrogen-bond acceptors (Lipinski definition) is 5. The lowest BCUT2D eigenvalue weighted by molar-refractivity contribution is 0.346. The molecule has 4 N–H and O–H groups in total. The van der Waals surface area contributed by atoms with Gasteiger partial charge in [0.05, 0.1) is 22.5 Å². The van der Waals surface area contributed by atoms with Gasteiger partial charge in [-0.05, 0) is 68.1 Å². The lowest BCUT2D eigenvalue weighted by Gasteiger charge is -2.25. The number of hydrogen-bond donors (Lipinski definition) is 3. The monoisotopic (exact) mass is 501 g/mol. The number of sulfonamides is 1. The van der Waals surface area contributed by atoms with Crippen LogP contribution < -0.4 is 11.1 Å². The van der Waals surface area contributed by atoms with Crippen molar-refractivity contribution in [1.29, 1.82) is 0 Å². The van der Waals surface area contributed by atoms with Crippen LogP contribution in [0, 0.1) is 13.8 Å². The van der Waals surface area contributed by atoms with E-state index >= 15 is 0 Å². The standard InChI is InChI=1S/C28H31N5O2S/c1-19-23-13-14-30-27(23)12-11-26(19)32-28-24(20(2)31-18-25(28)29)10-9-21-7-6-8-22(17-21)36(34,35)33-15-4-3-5-16-33/h6-14,17-18,30H,3-5,15-16,29H2,1-2H3,(H,31,32)/b10-9+. The second-order valence-electron chi connectivity index (χ2n) is 9.26. The Bertz CT molecular complexity index is 1550. The van der Waals surface area contributed by atoms with Gasteiger partial charge in [0.15, 0.2) is 0 Å². The maximum absolute atomic E-state index is 13.1. The maximum Gasteiger partial charge on any atom is 0.243 e. The van der Waals surface area contributed by atoms with Crippen LogP contribution in [0.2, 0.25) is 0 Å². The second-order valence-corrected chi connectivity index (χ2v) is 11.2. The topological polar surface area (TPSA) is 104 Å². The summed E-state index contributed by atoms with van der Waals surface area (Å²) in [6.45, 7) is 5.18. The van der Waals surface area contributed by atoms with E-state index in [9.17, 15) is 8.42 Å². The van der Waals surface area contributed by atoms with Gasteiger partial charge in [0.1, 0.15) is 0 Å². The fourth-order valence-electron chi connectivity index (χ4n) is 4.75. The Morgan fingerprint density at radius 1 is 1.06 bits per heavy atom. The van der Waals surface area contributed by atoms with Crippen molar-refractivity contribution in [2.75, 3.05) is 24.1 Å². The van der Waals surface area contributed by atoms with Gasteiger partial charge < -0.3 is 16.0 Å². The van der Waals surface area contributed by atoms with Gasteiger partial charge >= 0.3 is 0 Å². The lowest BCUT2D eigenvalue weighted by atomic mass is 10.1. The van der Waals surface area contributed by atoms with Crippen LogP contribution in [0.3, 0.4) is 0 Å². The molecule has 0 aliphatic carbocycles. The molecule has 0 atom stereocenters. The van der Waals surface area contributed by atoms with Gasteiger partial charge in [0.25, 0.3) is 0 Å². The molecule has 7 nitrogen and oxygen atoms in total. The number of H-pyrrole nitrogens is 1. The Morgan fingerprint density at radius 2 is 1.86 bits per heavy atom. The Hall–Kier alpha value is -3.62. The van der Waals surface area contributed by atoms with Crippen molar-refractivity contribution in [3.05, 3.63) is 77.2 Å². The highest BCUT2D eigenvalue weighted by atomic mass is 32.2. The van der Waals surface area contributed by atoms with Crippen LogP contribution >= 0.6 is 0 Å². The molecule has 0 amide bonds. The maximum atomic E-state index is 13.1. The van der Waals surface area contributed by atoms with Gasteiger partial charge in [-0.25, -0.2) is 8.42 Å². The lowest BCUT2D eigenvalue weighted by Crippen LogP contribution is -2.35. The van der Waals surface area contributed by atoms with E-state index in [1.165, 1.54) is 0 Å². The Labute approximate surface area is 212 Å². The van der Waals surface area contributed by atoms with E-state index in [-0.39, 0.29) is 0 Å². The summed E-state index contributed by atoms with van der Waals surface area (Å²) in [4.78, 5) is 8.01. The number of anilines is 3. The number of piperidine rings is 1.